The second-order valence-corrected chi connectivity index (χ2v) is 2.50. The Balaban J connectivity index is 0. The minimum absolute atomic E-state index is 1.10. The molecule has 0 spiro atoms. The lowest BCUT2D eigenvalue weighted by Crippen LogP contribution is -1.61. The van der Waals surface area contributed by atoms with Crippen molar-refractivity contribution in [3.63, 3.8) is 0 Å². The van der Waals surface area contributed by atoms with E-state index in [0.29, 0.717) is 0 Å². The monoisotopic (exact) mass is 166 g/mol. The van der Waals surface area contributed by atoms with Crippen molar-refractivity contribution in [2.75, 3.05) is 0 Å². The van der Waals surface area contributed by atoms with Gasteiger partial charge in [0.25, 0.3) is 0 Å². The highest BCUT2D eigenvalue weighted by atomic mass is 13.8. The summed E-state index contributed by atoms with van der Waals surface area (Å²) in [5.41, 5.74) is 0. The Bertz CT molecular complexity index is 109. The Kier molecular flexibility index (Phi) is 19.1. The van der Waals surface area contributed by atoms with Gasteiger partial charge in [-0.05, 0) is 12.8 Å². The molecule has 0 fully saturated rings. The van der Waals surface area contributed by atoms with Crippen molar-refractivity contribution in [2.45, 2.75) is 39.5 Å². The summed E-state index contributed by atoms with van der Waals surface area (Å²) >= 11 is 0. The Hall–Kier alpha value is -0.780. The van der Waals surface area contributed by atoms with Gasteiger partial charge in [0.1, 0.15) is 0 Å². The van der Waals surface area contributed by atoms with Crippen LogP contribution in [0.5, 0.6) is 0 Å². The molecule has 0 nitrogen and oxygen atoms in total. The van der Waals surface area contributed by atoms with Gasteiger partial charge in [0.05, 0.1) is 0 Å². The zero-order valence-corrected chi connectivity index (χ0v) is 8.55. The predicted octanol–water partition coefficient (Wildman–Crippen LogP) is 4.50. The molecule has 0 N–H and O–H groups in total. The lowest BCUT2D eigenvalue weighted by molar-refractivity contribution is 0.816. The molecule has 0 saturated heterocycles. The summed E-state index contributed by atoms with van der Waals surface area (Å²) in [6.45, 7) is 11.4. The molecule has 0 heterocycles. The first-order valence-corrected chi connectivity index (χ1v) is 4.71. The van der Waals surface area contributed by atoms with Gasteiger partial charge in [0, 0.05) is 0 Å². The number of hydrogen-bond acceptors (Lipinski definition) is 0. The molecule has 0 aromatic heterocycles. The van der Waals surface area contributed by atoms with Crippen LogP contribution < -0.4 is 0 Å². The van der Waals surface area contributed by atoms with Gasteiger partial charge in [0.15, 0.2) is 0 Å². The second-order valence-electron chi connectivity index (χ2n) is 2.50. The van der Waals surface area contributed by atoms with Gasteiger partial charge in [-0.1, -0.05) is 57.6 Å². The number of allylic oxidation sites excluding steroid dienone is 4. The third-order valence-corrected chi connectivity index (χ3v) is 1.27. The van der Waals surface area contributed by atoms with Gasteiger partial charge in [0.2, 0.25) is 0 Å². The van der Waals surface area contributed by atoms with Gasteiger partial charge in [-0.2, -0.15) is 0 Å². The summed E-state index contributed by atoms with van der Waals surface area (Å²) in [4.78, 5) is 0. The van der Waals surface area contributed by atoms with Crippen LogP contribution in [0.25, 0.3) is 0 Å². The summed E-state index contributed by atoms with van der Waals surface area (Å²) in [5, 5.41) is 0. The maximum absolute atomic E-state index is 3.60. The molecule has 0 heteroatoms. The Morgan fingerprint density at radius 1 is 1.17 bits per heavy atom. The summed E-state index contributed by atoms with van der Waals surface area (Å²) in [6.07, 6.45) is 12.6. The molecule has 0 aromatic rings. The normalized spacial score (nSPS) is 8.83. The van der Waals surface area contributed by atoms with Crippen LogP contribution in [0.2, 0.25) is 0 Å². The van der Waals surface area contributed by atoms with Crippen molar-refractivity contribution < 1.29 is 0 Å². The molecule has 0 unspecified atom stereocenters. The lowest BCUT2D eigenvalue weighted by atomic mass is 10.3. The second kappa shape index (κ2) is 16.7. The van der Waals surface area contributed by atoms with E-state index in [1.54, 1.807) is 6.08 Å². The summed E-state index contributed by atoms with van der Waals surface area (Å²) in [7, 11) is 0. The van der Waals surface area contributed by atoms with E-state index in [1.165, 1.54) is 19.3 Å². The van der Waals surface area contributed by atoms with E-state index in [2.05, 4.69) is 33.1 Å². The first-order chi connectivity index (χ1) is 5.83. The quantitative estimate of drug-likeness (QED) is 0.320. The average Bonchev–Trinajstić information content (AvgIpc) is 2.12. The summed E-state index contributed by atoms with van der Waals surface area (Å²) < 4.78 is 0. The van der Waals surface area contributed by atoms with E-state index in [1.807, 2.05) is 12.2 Å². The van der Waals surface area contributed by atoms with E-state index in [9.17, 15) is 0 Å². The molecule has 0 aliphatic heterocycles. The van der Waals surface area contributed by atoms with Crippen LogP contribution in [-0.4, -0.2) is 0 Å². The Labute approximate surface area is 77.7 Å². The molecule has 0 aliphatic carbocycles. The fraction of sp³-hybridized carbons (Fsp3) is 0.500. The van der Waals surface area contributed by atoms with Crippen molar-refractivity contribution in [2.24, 2.45) is 0 Å². The number of hydrogen-bond donors (Lipinski definition) is 0. The Morgan fingerprint density at radius 3 is 2.00 bits per heavy atom. The van der Waals surface area contributed by atoms with Crippen LogP contribution >= 0.6 is 0 Å². The van der Waals surface area contributed by atoms with E-state index >= 15 is 0 Å². The van der Waals surface area contributed by atoms with Gasteiger partial charge in [-0.3, -0.25) is 0 Å². The molecule has 0 saturated carbocycles. The third kappa shape index (κ3) is 22.9. The average molecular weight is 166 g/mol. The lowest BCUT2D eigenvalue weighted by Gasteiger charge is -1.81. The smallest absolute Gasteiger partial charge is 0.0354 e. The van der Waals surface area contributed by atoms with Crippen LogP contribution in [0.15, 0.2) is 37.5 Å². The molecule has 0 radical (unpaired) electrons. The molecule has 70 valence electrons. The highest BCUT2D eigenvalue weighted by Gasteiger charge is 1.71. The van der Waals surface area contributed by atoms with Crippen LogP contribution in [-0.2, 0) is 0 Å². The molecular formula is C12H22. The maximum Gasteiger partial charge on any atom is -0.0354 e. The van der Waals surface area contributed by atoms with Crippen LogP contribution in [0.4, 0.5) is 0 Å². The standard InChI is InChI=1S/C6H12.C6H10/c2*1-3-5-6-4-2/h3H,1,4-6H2,2H3;3,5-6H,1,4H2,2H3/b;6-5+. The van der Waals surface area contributed by atoms with Crippen molar-refractivity contribution in [3.8, 4) is 0 Å². The third-order valence-electron chi connectivity index (χ3n) is 1.27. The van der Waals surface area contributed by atoms with Crippen LogP contribution in [0.3, 0.4) is 0 Å². The zero-order valence-electron chi connectivity index (χ0n) is 8.55. The van der Waals surface area contributed by atoms with E-state index in [4.69, 9.17) is 0 Å². The topological polar surface area (TPSA) is 0 Å². The Morgan fingerprint density at radius 2 is 1.83 bits per heavy atom. The molecule has 0 atom stereocenters. The molecular weight excluding hydrogens is 144 g/mol. The number of rotatable bonds is 5. The molecule has 0 bridgehead atoms. The largest absolute Gasteiger partial charge is 0.103 e. The van der Waals surface area contributed by atoms with Crippen molar-refractivity contribution in [1.82, 2.24) is 0 Å². The molecule has 0 amide bonds. The molecule has 0 rings (SSSR count). The summed E-state index contributed by atoms with van der Waals surface area (Å²) in [5.74, 6) is 0. The van der Waals surface area contributed by atoms with Gasteiger partial charge >= 0.3 is 0 Å². The van der Waals surface area contributed by atoms with Gasteiger partial charge < -0.3 is 0 Å². The fourth-order valence-electron chi connectivity index (χ4n) is 0.581. The maximum atomic E-state index is 3.60. The van der Waals surface area contributed by atoms with E-state index in [-0.39, 0.29) is 0 Å². The van der Waals surface area contributed by atoms with E-state index in [0.717, 1.165) is 6.42 Å². The fourth-order valence-corrected chi connectivity index (χ4v) is 0.581. The van der Waals surface area contributed by atoms with Crippen LogP contribution in [0, 0.1) is 0 Å². The minimum atomic E-state index is 1.10. The van der Waals surface area contributed by atoms with Crippen molar-refractivity contribution in [1.29, 1.82) is 0 Å². The zero-order chi connectivity index (χ0) is 9.66. The molecule has 12 heavy (non-hydrogen) atoms. The predicted molar refractivity (Wildman–Crippen MR) is 59.4 cm³/mol. The first kappa shape index (κ1) is 13.8. The number of unbranched alkanes of at least 4 members (excludes halogenated alkanes) is 2. The first-order valence-electron chi connectivity index (χ1n) is 4.71. The van der Waals surface area contributed by atoms with E-state index < -0.39 is 0 Å². The molecule has 0 aliphatic rings. The highest BCUT2D eigenvalue weighted by Crippen LogP contribution is 1.91. The highest BCUT2D eigenvalue weighted by molar-refractivity contribution is 4.96. The van der Waals surface area contributed by atoms with Gasteiger partial charge in [-0.15, -0.1) is 6.58 Å². The van der Waals surface area contributed by atoms with Crippen molar-refractivity contribution in [3.05, 3.63) is 37.5 Å². The van der Waals surface area contributed by atoms with Crippen LogP contribution in [0.1, 0.15) is 39.5 Å². The SMILES string of the molecule is C=C/C=C/CC.C=CCCCC. The van der Waals surface area contributed by atoms with Gasteiger partial charge in [-0.25, -0.2) is 0 Å². The molecule has 0 aromatic carbocycles. The summed E-state index contributed by atoms with van der Waals surface area (Å²) in [6, 6.07) is 0. The minimum Gasteiger partial charge on any atom is -0.103 e. The van der Waals surface area contributed by atoms with Crippen molar-refractivity contribution >= 4 is 0 Å².